The number of rotatable bonds is 6. The Morgan fingerprint density at radius 1 is 0.939 bits per heavy atom. The minimum atomic E-state index is -1.79. The van der Waals surface area contributed by atoms with Crippen molar-refractivity contribution in [2.45, 2.75) is 173 Å². The van der Waals surface area contributed by atoms with E-state index >= 15 is 0 Å². The molecule has 0 aromatic carbocycles. The molecule has 0 bridgehead atoms. The van der Waals surface area contributed by atoms with Gasteiger partial charge in [0.15, 0.2) is 12.6 Å². The largest absolute Gasteiger partial charge is 0.459 e. The number of carbonyl (C=O) groups excluding carboxylic acids is 1. The van der Waals surface area contributed by atoms with E-state index in [0.29, 0.717) is 6.54 Å². The van der Waals surface area contributed by atoms with Crippen LogP contribution in [-0.4, -0.2) is 141 Å². The maximum Gasteiger partial charge on any atom is 0.311 e. The topological polar surface area (TPSA) is 177 Å². The molecule has 49 heavy (non-hydrogen) atoms. The molecular weight excluding hydrogens is 638 g/mol. The number of aliphatic hydroxyl groups is 5. The van der Waals surface area contributed by atoms with E-state index in [1.165, 1.54) is 14.0 Å². The van der Waals surface area contributed by atoms with E-state index in [4.69, 9.17) is 28.4 Å². The Hall–Kier alpha value is -1.23. The number of likely N-dealkylation sites (N-methyl/N-ethyl adjacent to an activating group) is 1. The zero-order chi connectivity index (χ0) is 37.2. The first-order valence-corrected chi connectivity index (χ1v) is 17.8. The lowest BCUT2D eigenvalue weighted by molar-refractivity contribution is -0.309. The predicted molar refractivity (Wildman–Crippen MR) is 181 cm³/mol. The van der Waals surface area contributed by atoms with Crippen molar-refractivity contribution in [2.75, 3.05) is 20.7 Å². The van der Waals surface area contributed by atoms with Crippen molar-refractivity contribution in [1.82, 2.24) is 4.90 Å². The Morgan fingerprint density at radius 2 is 1.57 bits per heavy atom. The molecule has 0 radical (unpaired) electrons. The molecule has 1 unspecified atom stereocenters. The van der Waals surface area contributed by atoms with Gasteiger partial charge in [0.05, 0.1) is 41.5 Å². The van der Waals surface area contributed by atoms with Crippen LogP contribution in [0.4, 0.5) is 0 Å². The van der Waals surface area contributed by atoms with Crippen LogP contribution in [0.25, 0.3) is 0 Å². The van der Waals surface area contributed by atoms with Gasteiger partial charge in [-0.1, -0.05) is 32.9 Å². The number of hydrogen-bond acceptors (Lipinski definition) is 13. The molecule has 13 heteroatoms. The van der Waals surface area contributed by atoms with Gasteiger partial charge in [0.2, 0.25) is 0 Å². The van der Waals surface area contributed by atoms with Gasteiger partial charge in [0.25, 0.3) is 0 Å². The van der Waals surface area contributed by atoms with Crippen molar-refractivity contribution in [1.29, 1.82) is 0 Å². The minimum Gasteiger partial charge on any atom is -0.459 e. The Labute approximate surface area is 292 Å². The second kappa shape index (κ2) is 16.6. The van der Waals surface area contributed by atoms with Gasteiger partial charge in [-0.3, -0.25) is 4.79 Å². The molecule has 3 rings (SSSR count). The number of carbonyl (C=O) groups is 1. The van der Waals surface area contributed by atoms with E-state index in [1.54, 1.807) is 60.6 Å². The Bertz CT molecular complexity index is 1100. The normalized spacial score (nSPS) is 49.9. The molecule has 0 aromatic heterocycles. The molecule has 3 heterocycles. The minimum absolute atomic E-state index is 0.133. The smallest absolute Gasteiger partial charge is 0.311 e. The molecule has 0 spiro atoms. The number of methoxy groups -OCH3 is 1. The number of hydrogen-bond donors (Lipinski definition) is 5. The molecule has 2 saturated heterocycles. The average Bonchev–Trinajstić information content (AvgIpc) is 3.02. The van der Waals surface area contributed by atoms with Crippen LogP contribution in [-0.2, 0) is 33.2 Å². The number of cyclic esters (lactones) is 1. The van der Waals surface area contributed by atoms with Gasteiger partial charge >= 0.3 is 5.97 Å². The maximum atomic E-state index is 14.1. The van der Waals surface area contributed by atoms with E-state index in [1.807, 2.05) is 25.8 Å². The van der Waals surface area contributed by atoms with Crippen LogP contribution in [0.3, 0.4) is 0 Å². The van der Waals surface area contributed by atoms with Gasteiger partial charge < -0.3 is 58.9 Å². The maximum absolute atomic E-state index is 14.1. The predicted octanol–water partition coefficient (Wildman–Crippen LogP) is 2.14. The monoisotopic (exact) mass is 703 g/mol. The summed E-state index contributed by atoms with van der Waals surface area (Å²) in [7, 11) is 3.33. The standard InChI is InChI=1S/C36H65NO12/c1-13-26-36(10,43)29(39)23(6)37(11)18-19(2)16-34(8,42)31(49-33-25(38)15-14-20(3)45-33)21(4)28(22(5)32(41)47-26)48-27-17-35(9,44-12)30(40)24(7)46-27/h14-15,19-31,33,38-40,42-43H,13,16-18H2,1-12H3/t19-,20-,21+,22-,23-,24+,25-,26?,27+,28+,29-,30+,31-,33+,34-,35-,36-/m1/s1. The van der Waals surface area contributed by atoms with Crippen molar-refractivity contribution in [3.05, 3.63) is 12.2 Å². The summed E-state index contributed by atoms with van der Waals surface area (Å²) in [5.74, 6) is -2.57. The van der Waals surface area contributed by atoms with Crippen molar-refractivity contribution >= 4 is 5.97 Å². The van der Waals surface area contributed by atoms with Gasteiger partial charge in [-0.15, -0.1) is 0 Å². The number of aliphatic hydroxyl groups excluding tert-OH is 3. The third-order valence-electron chi connectivity index (χ3n) is 11.1. The van der Waals surface area contributed by atoms with E-state index in [-0.39, 0.29) is 31.3 Å². The van der Waals surface area contributed by atoms with Crippen LogP contribution >= 0.6 is 0 Å². The van der Waals surface area contributed by atoms with Crippen LogP contribution in [0.5, 0.6) is 0 Å². The molecule has 5 N–H and O–H groups in total. The molecule has 0 aliphatic carbocycles. The summed E-state index contributed by atoms with van der Waals surface area (Å²) in [6.45, 7) is 17.8. The van der Waals surface area contributed by atoms with Crippen molar-refractivity contribution in [3.63, 3.8) is 0 Å². The SMILES string of the molecule is CCC1OC(=O)[C@H](C)[C@@H](O[C@H]2C[C@@](C)(OC)[C@@H](O)[C@H](C)O2)[C@H](C)[C@@H](O[C@@H]2O[C@H](C)C=C[C@H]2O)[C@](C)(O)C[C@@H](C)CN(C)[C@H](C)[C@@H](O)[C@]1(C)O. The van der Waals surface area contributed by atoms with Gasteiger partial charge in [-0.05, 0) is 74.3 Å². The van der Waals surface area contributed by atoms with Crippen LogP contribution in [0.2, 0.25) is 0 Å². The summed E-state index contributed by atoms with van der Waals surface area (Å²) in [6.07, 6.45) is -5.61. The summed E-state index contributed by atoms with van der Waals surface area (Å²) in [5.41, 5.74) is -4.35. The van der Waals surface area contributed by atoms with Crippen LogP contribution in [0.15, 0.2) is 12.2 Å². The third kappa shape index (κ3) is 9.61. The highest BCUT2D eigenvalue weighted by Gasteiger charge is 2.52. The molecule has 3 aliphatic heterocycles. The van der Waals surface area contributed by atoms with E-state index < -0.39 is 96.0 Å². The summed E-state index contributed by atoms with van der Waals surface area (Å²) >= 11 is 0. The second-order valence-corrected chi connectivity index (χ2v) is 15.7. The lowest BCUT2D eigenvalue weighted by Gasteiger charge is -2.47. The van der Waals surface area contributed by atoms with Gasteiger partial charge in [-0.25, -0.2) is 0 Å². The van der Waals surface area contributed by atoms with E-state index in [2.05, 4.69) is 0 Å². The summed E-state index contributed by atoms with van der Waals surface area (Å²) in [4.78, 5) is 16.0. The Balaban J connectivity index is 2.15. The first-order chi connectivity index (χ1) is 22.6. The molecule has 0 aromatic rings. The molecule has 2 fully saturated rings. The lowest BCUT2D eigenvalue weighted by Crippen LogP contribution is -2.59. The fourth-order valence-electron chi connectivity index (χ4n) is 7.89. The Morgan fingerprint density at radius 3 is 2.16 bits per heavy atom. The molecule has 286 valence electrons. The molecule has 3 aliphatic rings. The highest BCUT2D eigenvalue weighted by molar-refractivity contribution is 5.73. The van der Waals surface area contributed by atoms with Crippen LogP contribution < -0.4 is 0 Å². The van der Waals surface area contributed by atoms with Crippen LogP contribution in [0, 0.1) is 17.8 Å². The first-order valence-electron chi connectivity index (χ1n) is 17.8. The van der Waals surface area contributed by atoms with Gasteiger partial charge in [0.1, 0.15) is 30.0 Å². The first kappa shape index (κ1) is 42.2. The van der Waals surface area contributed by atoms with Crippen LogP contribution in [0.1, 0.15) is 88.5 Å². The summed E-state index contributed by atoms with van der Waals surface area (Å²) in [5, 5.41) is 57.1. The second-order valence-electron chi connectivity index (χ2n) is 15.7. The fraction of sp³-hybridized carbons (Fsp3) is 0.917. The van der Waals surface area contributed by atoms with Gasteiger partial charge in [-0.2, -0.15) is 0 Å². The number of ether oxygens (including phenoxy) is 6. The van der Waals surface area contributed by atoms with Crippen molar-refractivity contribution < 1.29 is 58.7 Å². The zero-order valence-electron chi connectivity index (χ0n) is 31.6. The highest BCUT2D eigenvalue weighted by Crippen LogP contribution is 2.39. The summed E-state index contributed by atoms with van der Waals surface area (Å²) in [6, 6.07) is -0.533. The highest BCUT2D eigenvalue weighted by atomic mass is 16.7. The third-order valence-corrected chi connectivity index (χ3v) is 11.1. The number of nitrogens with zero attached hydrogens (tertiary/aromatic N) is 1. The molecule has 0 amide bonds. The molecule has 0 saturated carbocycles. The number of esters is 1. The average molecular weight is 704 g/mol. The molecule has 17 atom stereocenters. The quantitative estimate of drug-likeness (QED) is 0.201. The molecular formula is C36H65NO12. The zero-order valence-corrected chi connectivity index (χ0v) is 31.6. The fourth-order valence-corrected chi connectivity index (χ4v) is 7.89. The molecule has 13 nitrogen and oxygen atoms in total. The van der Waals surface area contributed by atoms with Gasteiger partial charge in [0, 0.05) is 32.0 Å². The van der Waals surface area contributed by atoms with E-state index in [9.17, 15) is 30.3 Å². The van der Waals surface area contributed by atoms with E-state index in [0.717, 1.165) is 0 Å². The Kier molecular flexibility index (Phi) is 14.3. The van der Waals surface area contributed by atoms with Crippen molar-refractivity contribution in [2.24, 2.45) is 17.8 Å². The summed E-state index contributed by atoms with van der Waals surface area (Å²) < 4.78 is 36.9. The lowest BCUT2D eigenvalue weighted by atomic mass is 9.77. The van der Waals surface area contributed by atoms with Crippen molar-refractivity contribution in [3.8, 4) is 0 Å².